The van der Waals surface area contributed by atoms with Crippen molar-refractivity contribution in [3.05, 3.63) is 35.2 Å². The standard InChI is InChI=1S/C16H20N4OS.ClH/c21-16(18-9-12-5-7-17-8-6-12)20-14-3-1-13(2-4-14)15-10-22-11-19-15;/h1-4,10-12,17H,5-9H2,(H2,18,20,21);1H. The van der Waals surface area contributed by atoms with E-state index in [1.807, 2.05) is 35.2 Å². The SMILES string of the molecule is Cl.O=C(NCC1CCNCC1)Nc1ccc(-c2cscn2)cc1. The average Bonchev–Trinajstić information content (AvgIpc) is 3.09. The van der Waals surface area contributed by atoms with Crippen LogP contribution < -0.4 is 16.0 Å². The summed E-state index contributed by atoms with van der Waals surface area (Å²) >= 11 is 1.57. The maximum Gasteiger partial charge on any atom is 0.319 e. The molecule has 1 aliphatic rings. The number of hydrogen-bond donors (Lipinski definition) is 3. The predicted octanol–water partition coefficient (Wildman–Crippen LogP) is 3.35. The lowest BCUT2D eigenvalue weighted by atomic mass is 9.98. The first-order valence-corrected chi connectivity index (χ1v) is 8.50. The zero-order valence-corrected chi connectivity index (χ0v) is 14.4. The van der Waals surface area contributed by atoms with E-state index in [-0.39, 0.29) is 18.4 Å². The van der Waals surface area contributed by atoms with Crippen LogP contribution in [0.1, 0.15) is 12.8 Å². The third-order valence-corrected chi connectivity index (χ3v) is 4.47. The highest BCUT2D eigenvalue weighted by atomic mass is 35.5. The van der Waals surface area contributed by atoms with E-state index in [0.717, 1.165) is 49.4 Å². The summed E-state index contributed by atoms with van der Waals surface area (Å²) in [5, 5.41) is 11.2. The summed E-state index contributed by atoms with van der Waals surface area (Å²) in [4.78, 5) is 16.2. The van der Waals surface area contributed by atoms with E-state index in [0.29, 0.717) is 5.92 Å². The lowest BCUT2D eigenvalue weighted by Crippen LogP contribution is -2.37. The maximum absolute atomic E-state index is 11.9. The Hall–Kier alpha value is -1.63. The second-order valence-corrected chi connectivity index (χ2v) is 6.20. The molecule has 23 heavy (non-hydrogen) atoms. The number of carbonyl (C=O) groups excluding carboxylic acids is 1. The van der Waals surface area contributed by atoms with Crippen molar-refractivity contribution in [2.75, 3.05) is 25.0 Å². The first kappa shape index (κ1) is 17.7. The smallest absolute Gasteiger partial charge is 0.319 e. The molecule has 0 radical (unpaired) electrons. The van der Waals surface area contributed by atoms with Gasteiger partial charge in [0.15, 0.2) is 0 Å². The predicted molar refractivity (Wildman–Crippen MR) is 97.4 cm³/mol. The number of benzene rings is 1. The number of urea groups is 1. The zero-order valence-electron chi connectivity index (χ0n) is 12.7. The summed E-state index contributed by atoms with van der Waals surface area (Å²) in [6, 6.07) is 7.60. The average molecular weight is 353 g/mol. The van der Waals surface area contributed by atoms with Crippen LogP contribution in [0.4, 0.5) is 10.5 Å². The van der Waals surface area contributed by atoms with Gasteiger partial charge in [0.25, 0.3) is 0 Å². The van der Waals surface area contributed by atoms with Crippen LogP contribution in [0.5, 0.6) is 0 Å². The summed E-state index contributed by atoms with van der Waals surface area (Å²) in [6.45, 7) is 2.84. The van der Waals surface area contributed by atoms with Crippen molar-refractivity contribution >= 4 is 35.5 Å². The summed E-state index contributed by atoms with van der Waals surface area (Å²) in [5.41, 5.74) is 4.63. The zero-order chi connectivity index (χ0) is 15.2. The number of anilines is 1. The molecule has 1 aromatic heterocycles. The number of hydrogen-bond acceptors (Lipinski definition) is 4. The van der Waals surface area contributed by atoms with Crippen LogP contribution in [0, 0.1) is 5.92 Å². The van der Waals surface area contributed by atoms with E-state index in [4.69, 9.17) is 0 Å². The van der Waals surface area contributed by atoms with E-state index in [2.05, 4.69) is 20.9 Å². The minimum Gasteiger partial charge on any atom is -0.338 e. The van der Waals surface area contributed by atoms with Gasteiger partial charge in [-0.25, -0.2) is 9.78 Å². The molecule has 1 saturated heterocycles. The lowest BCUT2D eigenvalue weighted by molar-refractivity contribution is 0.248. The van der Waals surface area contributed by atoms with Gasteiger partial charge in [-0.15, -0.1) is 23.7 Å². The van der Waals surface area contributed by atoms with Crippen LogP contribution in [0.3, 0.4) is 0 Å². The van der Waals surface area contributed by atoms with Gasteiger partial charge in [-0.3, -0.25) is 0 Å². The first-order valence-electron chi connectivity index (χ1n) is 7.55. The molecule has 7 heteroatoms. The fraction of sp³-hybridized carbons (Fsp3) is 0.375. The number of amides is 2. The van der Waals surface area contributed by atoms with Crippen LogP contribution >= 0.6 is 23.7 Å². The number of carbonyl (C=O) groups is 1. The number of nitrogens with one attached hydrogen (secondary N) is 3. The maximum atomic E-state index is 11.9. The van der Waals surface area contributed by atoms with Gasteiger partial charge in [-0.1, -0.05) is 12.1 Å². The molecule has 0 saturated carbocycles. The molecular weight excluding hydrogens is 332 g/mol. The first-order chi connectivity index (χ1) is 10.8. The largest absolute Gasteiger partial charge is 0.338 e. The molecule has 3 N–H and O–H groups in total. The molecule has 1 aromatic carbocycles. The Morgan fingerprint density at radius 3 is 2.65 bits per heavy atom. The van der Waals surface area contributed by atoms with Crippen LogP contribution in [0.2, 0.25) is 0 Å². The Labute approximate surface area is 146 Å². The molecule has 0 atom stereocenters. The van der Waals surface area contributed by atoms with Crippen molar-refractivity contribution < 1.29 is 4.79 Å². The molecule has 2 heterocycles. The van der Waals surface area contributed by atoms with Gasteiger partial charge < -0.3 is 16.0 Å². The Morgan fingerprint density at radius 2 is 2.00 bits per heavy atom. The Kier molecular flexibility index (Phi) is 6.83. The molecule has 124 valence electrons. The Morgan fingerprint density at radius 1 is 1.26 bits per heavy atom. The van der Waals surface area contributed by atoms with Gasteiger partial charge in [0.05, 0.1) is 11.2 Å². The molecule has 2 amide bonds. The fourth-order valence-corrected chi connectivity index (χ4v) is 3.14. The van der Waals surface area contributed by atoms with Crippen LogP contribution in [0.15, 0.2) is 35.2 Å². The Balaban J connectivity index is 0.00000192. The van der Waals surface area contributed by atoms with Gasteiger partial charge in [-0.05, 0) is 44.0 Å². The van der Waals surface area contributed by atoms with Crippen molar-refractivity contribution in [1.29, 1.82) is 0 Å². The quantitative estimate of drug-likeness (QED) is 0.790. The molecule has 1 aliphatic heterocycles. The number of thiazole rings is 1. The Bertz CT molecular complexity index is 597. The van der Waals surface area contributed by atoms with Crippen molar-refractivity contribution in [3.8, 4) is 11.3 Å². The summed E-state index contributed by atoms with van der Waals surface area (Å²) < 4.78 is 0. The summed E-state index contributed by atoms with van der Waals surface area (Å²) in [6.07, 6.45) is 2.26. The molecule has 0 aliphatic carbocycles. The minimum absolute atomic E-state index is 0. The fourth-order valence-electron chi connectivity index (χ4n) is 2.58. The second-order valence-electron chi connectivity index (χ2n) is 5.48. The molecule has 1 fully saturated rings. The third-order valence-electron chi connectivity index (χ3n) is 3.88. The van der Waals surface area contributed by atoms with Crippen molar-refractivity contribution in [2.45, 2.75) is 12.8 Å². The molecule has 0 spiro atoms. The molecule has 3 rings (SSSR count). The lowest BCUT2D eigenvalue weighted by Gasteiger charge is -2.22. The van der Waals surface area contributed by atoms with Gasteiger partial charge in [-0.2, -0.15) is 0 Å². The summed E-state index contributed by atoms with van der Waals surface area (Å²) in [7, 11) is 0. The number of aromatic nitrogens is 1. The number of halogens is 1. The van der Waals surface area contributed by atoms with E-state index in [1.54, 1.807) is 11.3 Å². The van der Waals surface area contributed by atoms with Crippen molar-refractivity contribution in [2.24, 2.45) is 5.92 Å². The van der Waals surface area contributed by atoms with Gasteiger partial charge in [0.2, 0.25) is 0 Å². The second kappa shape index (κ2) is 8.86. The van der Waals surface area contributed by atoms with Crippen molar-refractivity contribution in [3.63, 3.8) is 0 Å². The topological polar surface area (TPSA) is 66.1 Å². The van der Waals surface area contributed by atoms with Gasteiger partial charge >= 0.3 is 6.03 Å². The molecule has 0 bridgehead atoms. The molecular formula is C16H21ClN4OS. The normalized spacial score (nSPS) is 14.8. The van der Waals surface area contributed by atoms with Gasteiger partial charge in [0.1, 0.15) is 0 Å². The highest BCUT2D eigenvalue weighted by Crippen LogP contribution is 2.21. The monoisotopic (exact) mass is 352 g/mol. The van der Waals surface area contributed by atoms with Crippen LogP contribution in [0.25, 0.3) is 11.3 Å². The van der Waals surface area contributed by atoms with E-state index in [9.17, 15) is 4.79 Å². The van der Waals surface area contributed by atoms with E-state index < -0.39 is 0 Å². The molecule has 2 aromatic rings. The molecule has 5 nitrogen and oxygen atoms in total. The van der Waals surface area contributed by atoms with Gasteiger partial charge in [0, 0.05) is 23.2 Å². The minimum atomic E-state index is -0.139. The summed E-state index contributed by atoms with van der Waals surface area (Å²) in [5.74, 6) is 0.582. The van der Waals surface area contributed by atoms with E-state index in [1.165, 1.54) is 0 Å². The molecule has 0 unspecified atom stereocenters. The number of rotatable bonds is 4. The third kappa shape index (κ3) is 5.20. The van der Waals surface area contributed by atoms with E-state index >= 15 is 0 Å². The highest BCUT2D eigenvalue weighted by Gasteiger charge is 2.13. The number of piperidine rings is 1. The number of nitrogens with zero attached hydrogens (tertiary/aromatic N) is 1. The van der Waals surface area contributed by atoms with Crippen LogP contribution in [-0.4, -0.2) is 30.6 Å². The van der Waals surface area contributed by atoms with Crippen molar-refractivity contribution in [1.82, 2.24) is 15.6 Å². The van der Waals surface area contributed by atoms with Crippen LogP contribution in [-0.2, 0) is 0 Å². The highest BCUT2D eigenvalue weighted by molar-refractivity contribution is 7.07.